The van der Waals surface area contributed by atoms with Gasteiger partial charge in [0.05, 0.1) is 12.2 Å². The van der Waals surface area contributed by atoms with Crippen LogP contribution in [0.5, 0.6) is 0 Å². The van der Waals surface area contributed by atoms with Gasteiger partial charge in [0.1, 0.15) is 5.60 Å². The molecule has 1 atom stereocenters. The zero-order chi connectivity index (χ0) is 16.7. The summed E-state index contributed by atoms with van der Waals surface area (Å²) in [5, 5.41) is 13.1. The molecule has 21 heavy (non-hydrogen) atoms. The number of carbonyl (C=O) groups excluding carboxylic acids is 1. The fraction of sp³-hybridized carbons (Fsp3) is 0.933. The maximum atomic E-state index is 12.1. The standard InChI is InChI=1S/C15H32N2O4/c1-12(15(5,6)19)16-8-9-17(10-11-20-7)13(18)21-14(2,3)4/h12,16,19H,8-11H2,1-7H3. The Kier molecular flexibility index (Phi) is 8.21. The van der Waals surface area contributed by atoms with E-state index in [1.807, 2.05) is 27.7 Å². The summed E-state index contributed by atoms with van der Waals surface area (Å²) in [6.45, 7) is 12.9. The van der Waals surface area contributed by atoms with Crippen molar-refractivity contribution in [3.8, 4) is 0 Å². The lowest BCUT2D eigenvalue weighted by atomic mass is 10.0. The summed E-state index contributed by atoms with van der Waals surface area (Å²) in [5.74, 6) is 0. The van der Waals surface area contributed by atoms with E-state index in [0.29, 0.717) is 26.2 Å². The van der Waals surface area contributed by atoms with Crippen LogP contribution >= 0.6 is 0 Å². The van der Waals surface area contributed by atoms with E-state index in [1.165, 1.54) is 0 Å². The van der Waals surface area contributed by atoms with Crippen LogP contribution in [0.1, 0.15) is 41.5 Å². The highest BCUT2D eigenvalue weighted by Crippen LogP contribution is 2.10. The van der Waals surface area contributed by atoms with Gasteiger partial charge >= 0.3 is 6.09 Å². The molecule has 0 spiro atoms. The first-order valence-electron chi connectivity index (χ1n) is 7.40. The van der Waals surface area contributed by atoms with Gasteiger partial charge in [-0.15, -0.1) is 0 Å². The fourth-order valence-corrected chi connectivity index (χ4v) is 1.49. The summed E-state index contributed by atoms with van der Waals surface area (Å²) in [6, 6.07) is -0.0691. The number of rotatable bonds is 8. The number of hydrogen-bond donors (Lipinski definition) is 2. The molecule has 6 heteroatoms. The molecule has 0 aromatic rings. The Labute approximate surface area is 128 Å². The van der Waals surface area contributed by atoms with E-state index in [0.717, 1.165) is 0 Å². The number of nitrogens with zero attached hydrogens (tertiary/aromatic N) is 1. The molecule has 0 radical (unpaired) electrons. The van der Waals surface area contributed by atoms with Crippen molar-refractivity contribution in [2.75, 3.05) is 33.4 Å². The summed E-state index contributed by atoms with van der Waals surface area (Å²) in [4.78, 5) is 13.7. The number of methoxy groups -OCH3 is 1. The van der Waals surface area contributed by atoms with Crippen molar-refractivity contribution in [1.29, 1.82) is 0 Å². The summed E-state index contributed by atoms with van der Waals surface area (Å²) >= 11 is 0. The first-order chi connectivity index (χ1) is 9.47. The summed E-state index contributed by atoms with van der Waals surface area (Å²) in [6.07, 6.45) is -0.350. The van der Waals surface area contributed by atoms with Gasteiger partial charge < -0.3 is 24.8 Å². The molecule has 0 saturated carbocycles. The number of hydrogen-bond acceptors (Lipinski definition) is 5. The minimum Gasteiger partial charge on any atom is -0.444 e. The van der Waals surface area contributed by atoms with Crippen molar-refractivity contribution < 1.29 is 19.4 Å². The van der Waals surface area contributed by atoms with E-state index in [1.54, 1.807) is 25.9 Å². The van der Waals surface area contributed by atoms with Crippen molar-refractivity contribution >= 4 is 6.09 Å². The third-order valence-corrected chi connectivity index (χ3v) is 3.11. The largest absolute Gasteiger partial charge is 0.444 e. The third kappa shape index (κ3) is 9.66. The summed E-state index contributed by atoms with van der Waals surface area (Å²) < 4.78 is 10.4. The van der Waals surface area contributed by atoms with Crippen LogP contribution in [-0.2, 0) is 9.47 Å². The summed E-state index contributed by atoms with van der Waals surface area (Å²) in [5.41, 5.74) is -1.32. The highest BCUT2D eigenvalue weighted by molar-refractivity contribution is 5.68. The maximum Gasteiger partial charge on any atom is 0.410 e. The van der Waals surface area contributed by atoms with Gasteiger partial charge in [0.15, 0.2) is 0 Å². The molecule has 0 saturated heterocycles. The Bertz CT molecular complexity index is 308. The van der Waals surface area contributed by atoms with Crippen LogP contribution in [0.2, 0.25) is 0 Å². The molecule has 0 aliphatic rings. The van der Waals surface area contributed by atoms with Crippen LogP contribution in [0.15, 0.2) is 0 Å². The summed E-state index contributed by atoms with van der Waals surface area (Å²) in [7, 11) is 1.60. The van der Waals surface area contributed by atoms with Crippen molar-refractivity contribution in [3.63, 3.8) is 0 Å². The molecule has 0 fully saturated rings. The van der Waals surface area contributed by atoms with Crippen LogP contribution in [0, 0.1) is 0 Å². The van der Waals surface area contributed by atoms with Crippen LogP contribution in [0.4, 0.5) is 4.79 Å². The van der Waals surface area contributed by atoms with E-state index < -0.39 is 11.2 Å². The van der Waals surface area contributed by atoms with E-state index >= 15 is 0 Å². The van der Waals surface area contributed by atoms with Crippen molar-refractivity contribution in [1.82, 2.24) is 10.2 Å². The second-order valence-electron chi connectivity index (χ2n) is 6.79. The molecule has 6 nitrogen and oxygen atoms in total. The Morgan fingerprint density at radius 1 is 1.24 bits per heavy atom. The predicted molar refractivity (Wildman–Crippen MR) is 83.4 cm³/mol. The highest BCUT2D eigenvalue weighted by atomic mass is 16.6. The van der Waals surface area contributed by atoms with Crippen molar-refractivity contribution in [3.05, 3.63) is 0 Å². The molecule has 0 aromatic heterocycles. The monoisotopic (exact) mass is 304 g/mol. The van der Waals surface area contributed by atoms with Gasteiger partial charge in [-0.05, 0) is 41.5 Å². The number of nitrogens with one attached hydrogen (secondary N) is 1. The minimum atomic E-state index is -0.802. The van der Waals surface area contributed by atoms with Gasteiger partial charge in [-0.2, -0.15) is 0 Å². The molecular weight excluding hydrogens is 272 g/mol. The van der Waals surface area contributed by atoms with Crippen molar-refractivity contribution in [2.45, 2.75) is 58.8 Å². The van der Waals surface area contributed by atoms with E-state index in [9.17, 15) is 9.90 Å². The molecule has 0 aliphatic heterocycles. The Balaban J connectivity index is 4.40. The lowest BCUT2D eigenvalue weighted by Crippen LogP contribution is -2.48. The molecule has 1 unspecified atom stereocenters. The van der Waals surface area contributed by atoms with Crippen LogP contribution in [0.3, 0.4) is 0 Å². The number of amides is 1. The van der Waals surface area contributed by atoms with Gasteiger partial charge in [0.25, 0.3) is 0 Å². The molecule has 0 heterocycles. The van der Waals surface area contributed by atoms with Gasteiger partial charge in [-0.1, -0.05) is 0 Å². The van der Waals surface area contributed by atoms with Crippen molar-refractivity contribution in [2.24, 2.45) is 0 Å². The SMILES string of the molecule is COCCN(CCNC(C)C(C)(C)O)C(=O)OC(C)(C)C. The van der Waals surface area contributed by atoms with E-state index in [-0.39, 0.29) is 12.1 Å². The average molecular weight is 304 g/mol. The molecule has 2 N–H and O–H groups in total. The maximum absolute atomic E-state index is 12.1. The van der Waals surface area contributed by atoms with Crippen LogP contribution < -0.4 is 5.32 Å². The second kappa shape index (κ2) is 8.56. The normalized spacial score (nSPS) is 13.9. The molecule has 1 amide bonds. The molecule has 0 bridgehead atoms. The Hall–Kier alpha value is -0.850. The Morgan fingerprint density at radius 2 is 1.81 bits per heavy atom. The van der Waals surface area contributed by atoms with E-state index in [2.05, 4.69) is 5.32 Å². The topological polar surface area (TPSA) is 71.0 Å². The fourth-order valence-electron chi connectivity index (χ4n) is 1.49. The molecule has 0 aromatic carbocycles. The molecule has 0 rings (SSSR count). The molecule has 126 valence electrons. The first-order valence-corrected chi connectivity index (χ1v) is 7.40. The van der Waals surface area contributed by atoms with Gasteiger partial charge in [-0.3, -0.25) is 0 Å². The Morgan fingerprint density at radius 3 is 2.24 bits per heavy atom. The highest BCUT2D eigenvalue weighted by Gasteiger charge is 2.24. The molecular formula is C15H32N2O4. The number of carbonyl (C=O) groups is 1. The first kappa shape index (κ1) is 20.1. The van der Waals surface area contributed by atoms with Gasteiger partial charge in [0, 0.05) is 32.8 Å². The third-order valence-electron chi connectivity index (χ3n) is 3.11. The predicted octanol–water partition coefficient (Wildman–Crippen LogP) is 1.62. The van der Waals surface area contributed by atoms with Crippen LogP contribution in [-0.4, -0.2) is 66.7 Å². The van der Waals surface area contributed by atoms with Gasteiger partial charge in [0.2, 0.25) is 0 Å². The van der Waals surface area contributed by atoms with Gasteiger partial charge in [-0.25, -0.2) is 4.79 Å². The lowest BCUT2D eigenvalue weighted by Gasteiger charge is -2.30. The zero-order valence-corrected chi connectivity index (χ0v) is 14.5. The second-order valence-corrected chi connectivity index (χ2v) is 6.79. The molecule has 0 aliphatic carbocycles. The smallest absolute Gasteiger partial charge is 0.410 e. The number of aliphatic hydroxyl groups is 1. The quantitative estimate of drug-likeness (QED) is 0.713. The van der Waals surface area contributed by atoms with Crippen LogP contribution in [0.25, 0.3) is 0 Å². The number of ether oxygens (including phenoxy) is 2. The zero-order valence-electron chi connectivity index (χ0n) is 14.5. The average Bonchev–Trinajstić information content (AvgIpc) is 2.29. The van der Waals surface area contributed by atoms with E-state index in [4.69, 9.17) is 9.47 Å². The minimum absolute atomic E-state index is 0.0691. The lowest BCUT2D eigenvalue weighted by molar-refractivity contribution is 0.0185.